The Hall–Kier alpha value is -3.59. The topological polar surface area (TPSA) is 102 Å². The standard InChI is InChI=1S/C26H31N5O3S/c1-15(2)17-6-8-19(27)21(12-17)29-25(32)26-30-20-10-11-31(14-24(20)35-26)16(3)28-18-7-9-22(33-4)23(13-18)34-5/h6-9,12-13,15H,10-11,14,27H2,1-5H3,(H,29,32). The monoisotopic (exact) mass is 493 g/mol. The van der Waals surface area contributed by atoms with Crippen molar-refractivity contribution in [3.63, 3.8) is 0 Å². The number of carbonyl (C=O) groups is 1. The minimum atomic E-state index is -0.237. The molecule has 0 saturated carbocycles. The number of ether oxygens (including phenoxy) is 2. The Morgan fingerprint density at radius 3 is 2.66 bits per heavy atom. The van der Waals surface area contributed by atoms with Crippen LogP contribution in [0.15, 0.2) is 41.4 Å². The quantitative estimate of drug-likeness (QED) is 0.277. The van der Waals surface area contributed by atoms with Crippen molar-refractivity contribution in [2.75, 3.05) is 31.8 Å². The van der Waals surface area contributed by atoms with Gasteiger partial charge in [0.15, 0.2) is 16.5 Å². The zero-order valence-corrected chi connectivity index (χ0v) is 21.5. The number of aliphatic imine (C=N–C) groups is 1. The first-order chi connectivity index (χ1) is 16.8. The van der Waals surface area contributed by atoms with Crippen LogP contribution in [-0.4, -0.2) is 42.4 Å². The summed E-state index contributed by atoms with van der Waals surface area (Å²) >= 11 is 1.42. The zero-order valence-electron chi connectivity index (χ0n) is 20.7. The third kappa shape index (κ3) is 5.40. The highest BCUT2D eigenvalue weighted by Crippen LogP contribution is 2.32. The van der Waals surface area contributed by atoms with Gasteiger partial charge in [0.05, 0.1) is 43.5 Å². The van der Waals surface area contributed by atoms with E-state index in [1.807, 2.05) is 43.3 Å². The lowest BCUT2D eigenvalue weighted by molar-refractivity contribution is 0.102. The van der Waals surface area contributed by atoms with Gasteiger partial charge in [-0.3, -0.25) is 4.79 Å². The Labute approximate surface area is 209 Å². The van der Waals surface area contributed by atoms with E-state index in [1.165, 1.54) is 11.3 Å². The Morgan fingerprint density at radius 1 is 1.17 bits per heavy atom. The summed E-state index contributed by atoms with van der Waals surface area (Å²) in [6.45, 7) is 7.64. The summed E-state index contributed by atoms with van der Waals surface area (Å²) in [5, 5.41) is 3.39. The molecule has 2 aromatic carbocycles. The lowest BCUT2D eigenvalue weighted by Gasteiger charge is -2.27. The van der Waals surface area contributed by atoms with Crippen LogP contribution in [0.3, 0.4) is 0 Å². The number of aromatic nitrogens is 1. The van der Waals surface area contributed by atoms with E-state index in [0.29, 0.717) is 40.3 Å². The summed E-state index contributed by atoms with van der Waals surface area (Å²) in [6.07, 6.45) is 0.753. The van der Waals surface area contributed by atoms with E-state index in [1.54, 1.807) is 14.2 Å². The molecule has 0 spiro atoms. The van der Waals surface area contributed by atoms with Gasteiger partial charge >= 0.3 is 0 Å². The maximum absolute atomic E-state index is 13.0. The smallest absolute Gasteiger partial charge is 0.284 e. The molecule has 1 amide bonds. The molecule has 1 aromatic heterocycles. The fraction of sp³-hybridized carbons (Fsp3) is 0.346. The highest BCUT2D eigenvalue weighted by Gasteiger charge is 2.24. The fourth-order valence-corrected chi connectivity index (χ4v) is 4.96. The molecule has 0 bridgehead atoms. The molecule has 0 fully saturated rings. The molecular formula is C26H31N5O3S. The van der Waals surface area contributed by atoms with Crippen molar-refractivity contribution >= 4 is 40.1 Å². The fourth-order valence-electron chi connectivity index (χ4n) is 3.94. The Bertz CT molecular complexity index is 1270. The third-order valence-corrected chi connectivity index (χ3v) is 7.11. The van der Waals surface area contributed by atoms with Gasteiger partial charge in [-0.05, 0) is 42.7 Å². The van der Waals surface area contributed by atoms with Crippen molar-refractivity contribution in [3.05, 3.63) is 57.5 Å². The molecule has 3 aromatic rings. The number of nitrogens with two attached hydrogens (primary N) is 1. The third-order valence-electron chi connectivity index (χ3n) is 6.03. The number of nitrogens with one attached hydrogen (secondary N) is 1. The number of methoxy groups -OCH3 is 2. The number of anilines is 2. The highest BCUT2D eigenvalue weighted by molar-refractivity contribution is 7.13. The van der Waals surface area contributed by atoms with Gasteiger partial charge in [-0.15, -0.1) is 11.3 Å². The van der Waals surface area contributed by atoms with Crippen molar-refractivity contribution in [1.29, 1.82) is 0 Å². The largest absolute Gasteiger partial charge is 0.493 e. The van der Waals surface area contributed by atoms with Crippen molar-refractivity contribution in [2.24, 2.45) is 4.99 Å². The second-order valence-electron chi connectivity index (χ2n) is 8.71. The molecule has 8 nitrogen and oxygen atoms in total. The number of hydrogen-bond donors (Lipinski definition) is 2. The second kappa shape index (κ2) is 10.4. The average molecular weight is 494 g/mol. The number of amidine groups is 1. The molecule has 0 radical (unpaired) electrons. The van der Waals surface area contributed by atoms with Gasteiger partial charge < -0.3 is 25.4 Å². The average Bonchev–Trinajstić information content (AvgIpc) is 3.28. The molecule has 35 heavy (non-hydrogen) atoms. The summed E-state index contributed by atoms with van der Waals surface area (Å²) in [5.41, 5.74) is 10.1. The number of nitrogen functional groups attached to an aromatic ring is 1. The SMILES string of the molecule is COc1ccc(N=C(C)N2CCc3nc(C(=O)Nc4cc(C(C)C)ccc4N)sc3C2)cc1OC. The zero-order chi connectivity index (χ0) is 25.1. The maximum Gasteiger partial charge on any atom is 0.284 e. The molecule has 2 heterocycles. The molecule has 3 N–H and O–H groups in total. The summed E-state index contributed by atoms with van der Waals surface area (Å²) in [7, 11) is 3.22. The summed E-state index contributed by atoms with van der Waals surface area (Å²) in [6, 6.07) is 11.3. The van der Waals surface area contributed by atoms with Crippen molar-refractivity contribution in [3.8, 4) is 11.5 Å². The van der Waals surface area contributed by atoms with Crippen LogP contribution >= 0.6 is 11.3 Å². The van der Waals surface area contributed by atoms with Crippen LogP contribution < -0.4 is 20.5 Å². The first kappa shape index (κ1) is 24.5. The Balaban J connectivity index is 1.48. The van der Waals surface area contributed by atoms with E-state index in [9.17, 15) is 4.79 Å². The Morgan fingerprint density at radius 2 is 1.94 bits per heavy atom. The number of thiazole rings is 1. The minimum Gasteiger partial charge on any atom is -0.493 e. The molecule has 4 rings (SSSR count). The normalized spacial score (nSPS) is 13.5. The van der Waals surface area contributed by atoms with Gasteiger partial charge in [0.1, 0.15) is 5.84 Å². The van der Waals surface area contributed by atoms with E-state index in [0.717, 1.165) is 40.6 Å². The predicted octanol–water partition coefficient (Wildman–Crippen LogP) is 5.23. The maximum atomic E-state index is 13.0. The first-order valence-corrected chi connectivity index (χ1v) is 12.3. The van der Waals surface area contributed by atoms with E-state index in [4.69, 9.17) is 20.2 Å². The molecule has 0 atom stereocenters. The van der Waals surface area contributed by atoms with E-state index < -0.39 is 0 Å². The van der Waals surface area contributed by atoms with Gasteiger partial charge in [-0.25, -0.2) is 9.98 Å². The molecule has 184 valence electrons. The molecule has 0 saturated heterocycles. The number of nitrogens with zero attached hydrogens (tertiary/aromatic N) is 3. The van der Waals surface area contributed by atoms with E-state index >= 15 is 0 Å². The predicted molar refractivity (Wildman–Crippen MR) is 141 cm³/mol. The number of fused-ring (bicyclic) bond motifs is 1. The van der Waals surface area contributed by atoms with Crippen LogP contribution in [0.5, 0.6) is 11.5 Å². The summed E-state index contributed by atoms with van der Waals surface area (Å²) in [4.78, 5) is 25.6. The van der Waals surface area contributed by atoms with Crippen LogP contribution in [-0.2, 0) is 13.0 Å². The highest BCUT2D eigenvalue weighted by atomic mass is 32.1. The molecule has 0 aliphatic carbocycles. The second-order valence-corrected chi connectivity index (χ2v) is 9.80. The molecular weight excluding hydrogens is 462 g/mol. The number of amides is 1. The van der Waals surface area contributed by atoms with Crippen molar-refractivity contribution < 1.29 is 14.3 Å². The molecule has 1 aliphatic rings. The van der Waals surface area contributed by atoms with Gasteiger partial charge in [0, 0.05) is 23.9 Å². The number of hydrogen-bond acceptors (Lipinski definition) is 7. The molecule has 9 heteroatoms. The lowest BCUT2D eigenvalue weighted by Crippen LogP contribution is -2.33. The van der Waals surface area contributed by atoms with Crippen LogP contribution in [0, 0.1) is 0 Å². The van der Waals surface area contributed by atoms with Crippen molar-refractivity contribution in [1.82, 2.24) is 9.88 Å². The van der Waals surface area contributed by atoms with Crippen LogP contribution in [0.2, 0.25) is 0 Å². The van der Waals surface area contributed by atoms with E-state index in [2.05, 4.69) is 29.0 Å². The summed E-state index contributed by atoms with van der Waals surface area (Å²) < 4.78 is 10.7. The van der Waals surface area contributed by atoms with Gasteiger partial charge in [0.25, 0.3) is 5.91 Å². The first-order valence-electron chi connectivity index (χ1n) is 11.5. The van der Waals surface area contributed by atoms with Gasteiger partial charge in [0.2, 0.25) is 0 Å². The molecule has 0 unspecified atom stereocenters. The number of benzene rings is 2. The van der Waals surface area contributed by atoms with E-state index in [-0.39, 0.29) is 5.91 Å². The number of carbonyl (C=O) groups excluding carboxylic acids is 1. The van der Waals surface area contributed by atoms with Crippen LogP contribution in [0.25, 0.3) is 0 Å². The van der Waals surface area contributed by atoms with Gasteiger partial charge in [-0.2, -0.15) is 0 Å². The molecule has 1 aliphatic heterocycles. The van der Waals surface area contributed by atoms with Crippen LogP contribution in [0.1, 0.15) is 52.6 Å². The lowest BCUT2D eigenvalue weighted by atomic mass is 10.0. The van der Waals surface area contributed by atoms with Crippen molar-refractivity contribution in [2.45, 2.75) is 39.7 Å². The van der Waals surface area contributed by atoms with Crippen LogP contribution in [0.4, 0.5) is 17.1 Å². The Kier molecular flexibility index (Phi) is 7.25. The van der Waals surface area contributed by atoms with Gasteiger partial charge in [-0.1, -0.05) is 19.9 Å². The minimum absolute atomic E-state index is 0.237. The number of rotatable bonds is 6. The summed E-state index contributed by atoms with van der Waals surface area (Å²) in [5.74, 6) is 2.30.